The largest absolute Gasteiger partial charge is 0.480 e. The molecule has 2 rings (SSSR count). The number of amides is 3. The molecule has 2 aromatic carbocycles. The molecular formula is C30H40N4O8. The van der Waals surface area contributed by atoms with Gasteiger partial charge in [0.15, 0.2) is 0 Å². The highest BCUT2D eigenvalue weighted by Crippen LogP contribution is 2.10. The quantitative estimate of drug-likeness (QED) is 0.162. The first-order chi connectivity index (χ1) is 20.0. The summed E-state index contributed by atoms with van der Waals surface area (Å²) in [5, 5.41) is 29.8. The van der Waals surface area contributed by atoms with E-state index in [-0.39, 0.29) is 38.3 Å². The number of carbonyl (C=O) groups excluding carboxylic acids is 3. The second-order valence-corrected chi connectivity index (χ2v) is 10.3. The lowest BCUT2D eigenvalue weighted by molar-refractivity contribution is -0.143. The third-order valence-electron chi connectivity index (χ3n) is 6.29. The molecule has 3 amide bonds. The first-order valence-electron chi connectivity index (χ1n) is 13.8. The van der Waals surface area contributed by atoms with E-state index >= 15 is 0 Å². The van der Waals surface area contributed by atoms with E-state index in [1.165, 1.54) is 6.92 Å². The van der Waals surface area contributed by atoms with Crippen molar-refractivity contribution in [3.05, 3.63) is 71.8 Å². The third kappa shape index (κ3) is 12.4. The van der Waals surface area contributed by atoms with Crippen LogP contribution in [0.4, 0.5) is 4.79 Å². The molecule has 0 radical (unpaired) electrons. The molecular weight excluding hydrogens is 544 g/mol. The van der Waals surface area contributed by atoms with E-state index in [1.807, 2.05) is 32.0 Å². The minimum Gasteiger partial charge on any atom is -0.480 e. The van der Waals surface area contributed by atoms with Crippen molar-refractivity contribution in [1.29, 1.82) is 0 Å². The molecule has 0 saturated heterocycles. The Morgan fingerprint density at radius 2 is 1.31 bits per heavy atom. The molecule has 0 aliphatic rings. The lowest BCUT2D eigenvalue weighted by Gasteiger charge is -2.26. The molecule has 0 aliphatic heterocycles. The van der Waals surface area contributed by atoms with Gasteiger partial charge in [0.25, 0.3) is 0 Å². The Morgan fingerprint density at radius 1 is 0.738 bits per heavy atom. The second kappa shape index (κ2) is 17.4. The molecule has 0 saturated carbocycles. The van der Waals surface area contributed by atoms with Gasteiger partial charge in [-0.05, 0) is 36.8 Å². The minimum atomic E-state index is -1.24. The Bertz CT molecular complexity index is 1180. The highest BCUT2D eigenvalue weighted by atomic mass is 16.5. The Hall–Kier alpha value is -4.45. The topological polar surface area (TPSA) is 183 Å². The molecule has 12 nitrogen and oxygen atoms in total. The van der Waals surface area contributed by atoms with Crippen LogP contribution in [0.3, 0.4) is 0 Å². The van der Waals surface area contributed by atoms with E-state index in [1.54, 1.807) is 42.5 Å². The van der Waals surface area contributed by atoms with Crippen molar-refractivity contribution in [1.82, 2.24) is 21.3 Å². The smallest absolute Gasteiger partial charge is 0.408 e. The van der Waals surface area contributed by atoms with E-state index in [0.29, 0.717) is 0 Å². The molecule has 0 spiro atoms. The minimum absolute atomic E-state index is 0.00614. The molecule has 0 aromatic heterocycles. The predicted molar refractivity (Wildman–Crippen MR) is 154 cm³/mol. The standard InChI is InChI=1S/C30H40N4O8/c1-19(2)16-24(27(36)34-25(29(39)40)17-21-10-6-4-7-11-21)33-23(28(37)38)14-15-31-26(35)20(3)32-30(41)42-18-22-12-8-5-9-13-22/h4-13,19-20,23-25,33H,14-18H2,1-3H3,(H,31,35)(H,32,41)(H,34,36)(H,37,38)(H,39,40). The van der Waals surface area contributed by atoms with Crippen molar-refractivity contribution in [2.75, 3.05) is 6.54 Å². The average Bonchev–Trinajstić information content (AvgIpc) is 2.95. The molecule has 42 heavy (non-hydrogen) atoms. The number of ether oxygens (including phenoxy) is 1. The summed E-state index contributed by atoms with van der Waals surface area (Å²) in [5.41, 5.74) is 1.52. The first-order valence-corrected chi connectivity index (χ1v) is 13.8. The fraction of sp³-hybridized carbons (Fsp3) is 0.433. The van der Waals surface area contributed by atoms with Gasteiger partial charge in [-0.1, -0.05) is 74.5 Å². The van der Waals surface area contributed by atoms with Crippen LogP contribution >= 0.6 is 0 Å². The molecule has 12 heteroatoms. The molecule has 4 atom stereocenters. The lowest BCUT2D eigenvalue weighted by Crippen LogP contribution is -2.55. The molecule has 0 bridgehead atoms. The van der Waals surface area contributed by atoms with Gasteiger partial charge in [0.05, 0.1) is 6.04 Å². The van der Waals surface area contributed by atoms with Crippen LogP contribution in [0.5, 0.6) is 0 Å². The maximum absolute atomic E-state index is 13.1. The Kier molecular flexibility index (Phi) is 14.0. The summed E-state index contributed by atoms with van der Waals surface area (Å²) >= 11 is 0. The van der Waals surface area contributed by atoms with E-state index in [2.05, 4.69) is 21.3 Å². The molecule has 2 aromatic rings. The molecule has 4 unspecified atom stereocenters. The number of carboxylic acid groups (broad SMARTS) is 2. The van der Waals surface area contributed by atoms with Gasteiger partial charge in [0, 0.05) is 13.0 Å². The number of aliphatic carboxylic acids is 2. The number of benzene rings is 2. The van der Waals surface area contributed by atoms with Crippen molar-refractivity contribution in [2.45, 2.75) is 70.8 Å². The van der Waals surface area contributed by atoms with Gasteiger partial charge in [-0.3, -0.25) is 19.7 Å². The van der Waals surface area contributed by atoms with Crippen LogP contribution in [0.25, 0.3) is 0 Å². The van der Waals surface area contributed by atoms with Gasteiger partial charge in [-0.25, -0.2) is 9.59 Å². The van der Waals surface area contributed by atoms with Crippen LogP contribution in [0.2, 0.25) is 0 Å². The van der Waals surface area contributed by atoms with Crippen LogP contribution in [0.1, 0.15) is 44.7 Å². The van der Waals surface area contributed by atoms with Crippen molar-refractivity contribution >= 4 is 29.8 Å². The summed E-state index contributed by atoms with van der Waals surface area (Å²) in [5.74, 6) is -3.62. The summed E-state index contributed by atoms with van der Waals surface area (Å²) in [6.07, 6.45) is -0.524. The highest BCUT2D eigenvalue weighted by molar-refractivity contribution is 5.88. The molecule has 0 fully saturated rings. The van der Waals surface area contributed by atoms with Crippen LogP contribution in [-0.2, 0) is 36.9 Å². The maximum atomic E-state index is 13.1. The Balaban J connectivity index is 1.90. The van der Waals surface area contributed by atoms with Gasteiger partial charge in [-0.2, -0.15) is 0 Å². The van der Waals surface area contributed by atoms with Gasteiger partial charge in [0.1, 0.15) is 24.7 Å². The SMILES string of the molecule is CC(C)CC(NC(CCNC(=O)C(C)NC(=O)OCc1ccccc1)C(=O)O)C(=O)NC(Cc1ccccc1)C(=O)O. The number of alkyl carbamates (subject to hydrolysis) is 1. The number of hydrogen-bond donors (Lipinski definition) is 6. The van der Waals surface area contributed by atoms with Crippen molar-refractivity contribution in [3.8, 4) is 0 Å². The van der Waals surface area contributed by atoms with Crippen molar-refractivity contribution < 1.29 is 38.9 Å². The number of carboxylic acids is 2. The number of nitrogens with one attached hydrogen (secondary N) is 4. The number of carbonyl (C=O) groups is 5. The fourth-order valence-electron chi connectivity index (χ4n) is 4.07. The van der Waals surface area contributed by atoms with Crippen LogP contribution in [0, 0.1) is 5.92 Å². The zero-order valence-electron chi connectivity index (χ0n) is 24.0. The summed E-state index contributed by atoms with van der Waals surface area (Å²) < 4.78 is 5.10. The first kappa shape index (κ1) is 33.8. The monoisotopic (exact) mass is 584 g/mol. The summed E-state index contributed by atoms with van der Waals surface area (Å²) in [7, 11) is 0. The normalized spacial score (nSPS) is 13.7. The van der Waals surface area contributed by atoms with Crippen molar-refractivity contribution in [3.63, 3.8) is 0 Å². The van der Waals surface area contributed by atoms with Crippen molar-refractivity contribution in [2.24, 2.45) is 5.92 Å². The van der Waals surface area contributed by atoms with Gasteiger partial charge in [0.2, 0.25) is 11.8 Å². The third-order valence-corrected chi connectivity index (χ3v) is 6.29. The fourth-order valence-corrected chi connectivity index (χ4v) is 4.07. The van der Waals surface area contributed by atoms with E-state index < -0.39 is 54.0 Å². The summed E-state index contributed by atoms with van der Waals surface area (Å²) in [6, 6.07) is 13.5. The predicted octanol–water partition coefficient (Wildman–Crippen LogP) is 2.08. The second-order valence-electron chi connectivity index (χ2n) is 10.3. The van der Waals surface area contributed by atoms with E-state index in [0.717, 1.165) is 11.1 Å². The Labute approximate surface area is 245 Å². The van der Waals surface area contributed by atoms with E-state index in [4.69, 9.17) is 4.74 Å². The summed E-state index contributed by atoms with van der Waals surface area (Å²) in [4.78, 5) is 61.4. The molecule has 0 heterocycles. The lowest BCUT2D eigenvalue weighted by atomic mass is 10.00. The zero-order chi connectivity index (χ0) is 31.1. The van der Waals surface area contributed by atoms with Crippen LogP contribution in [0.15, 0.2) is 60.7 Å². The number of hydrogen-bond acceptors (Lipinski definition) is 7. The zero-order valence-corrected chi connectivity index (χ0v) is 24.0. The maximum Gasteiger partial charge on any atom is 0.408 e. The molecule has 228 valence electrons. The van der Waals surface area contributed by atoms with Gasteiger partial charge in [-0.15, -0.1) is 0 Å². The Morgan fingerprint density at radius 3 is 1.86 bits per heavy atom. The average molecular weight is 585 g/mol. The highest BCUT2D eigenvalue weighted by Gasteiger charge is 2.30. The van der Waals surface area contributed by atoms with Crippen LogP contribution < -0.4 is 21.3 Å². The van der Waals surface area contributed by atoms with E-state index in [9.17, 15) is 34.2 Å². The van der Waals surface area contributed by atoms with Gasteiger partial charge >= 0.3 is 18.0 Å². The number of rotatable bonds is 17. The van der Waals surface area contributed by atoms with Crippen LogP contribution in [-0.4, -0.2) is 70.8 Å². The molecule has 0 aliphatic carbocycles. The molecule has 6 N–H and O–H groups in total. The summed E-state index contributed by atoms with van der Waals surface area (Å²) in [6.45, 7) is 5.16. The van der Waals surface area contributed by atoms with Gasteiger partial charge < -0.3 is 30.9 Å².